The van der Waals surface area contributed by atoms with Gasteiger partial charge in [0.25, 0.3) is 0 Å². The highest BCUT2D eigenvalue weighted by atomic mass is 19.4. The van der Waals surface area contributed by atoms with Crippen LogP contribution in [-0.4, -0.2) is 24.4 Å². The lowest BCUT2D eigenvalue weighted by molar-refractivity contribution is -0.136. The third kappa shape index (κ3) is 4.60. The molecule has 0 radical (unpaired) electrons. The van der Waals surface area contributed by atoms with Crippen LogP contribution in [0.3, 0.4) is 0 Å². The van der Waals surface area contributed by atoms with Crippen LogP contribution in [0.25, 0.3) is 0 Å². The standard InChI is InChI=1S/C20H21BF4N2O3/c1-18(2)19(3,4)30-21(29-18)16-9-8-14(11-15(16)20(23,24)25)27-17(28)26-13-7-5-6-12(22)10-13/h5-11H,1-4H3,(H2,26,27,28). The number of alkyl halides is 3. The molecule has 3 rings (SSSR count). The van der Waals surface area contributed by atoms with Crippen LogP contribution in [0, 0.1) is 5.82 Å². The Balaban J connectivity index is 1.84. The van der Waals surface area contributed by atoms with Crippen LogP contribution >= 0.6 is 0 Å². The lowest BCUT2D eigenvalue weighted by atomic mass is 9.75. The molecule has 10 heteroatoms. The summed E-state index contributed by atoms with van der Waals surface area (Å²) >= 11 is 0. The van der Waals surface area contributed by atoms with Gasteiger partial charge >= 0.3 is 19.3 Å². The van der Waals surface area contributed by atoms with E-state index in [9.17, 15) is 22.4 Å². The average molecular weight is 424 g/mol. The molecule has 1 saturated heterocycles. The SMILES string of the molecule is CC1(C)OB(c2ccc(NC(=O)Nc3cccc(F)c3)cc2C(F)(F)F)OC1(C)C. The minimum atomic E-state index is -4.70. The van der Waals surface area contributed by atoms with Gasteiger partial charge in [0.15, 0.2) is 0 Å². The van der Waals surface area contributed by atoms with Crippen LogP contribution in [0.2, 0.25) is 0 Å². The van der Waals surface area contributed by atoms with Gasteiger partial charge in [0.05, 0.1) is 16.8 Å². The van der Waals surface area contributed by atoms with Crippen LogP contribution in [0.5, 0.6) is 0 Å². The average Bonchev–Trinajstić information content (AvgIpc) is 2.81. The lowest BCUT2D eigenvalue weighted by Gasteiger charge is -2.32. The zero-order valence-corrected chi connectivity index (χ0v) is 16.9. The highest BCUT2D eigenvalue weighted by Gasteiger charge is 2.53. The molecule has 1 fully saturated rings. The monoisotopic (exact) mass is 424 g/mol. The summed E-state index contributed by atoms with van der Waals surface area (Å²) in [5, 5.41) is 4.68. The number of rotatable bonds is 3. The first kappa shape index (κ1) is 22.1. The van der Waals surface area contributed by atoms with Crippen molar-refractivity contribution in [1.29, 1.82) is 0 Å². The molecule has 0 unspecified atom stereocenters. The number of hydrogen-bond donors (Lipinski definition) is 2. The van der Waals surface area contributed by atoms with Gasteiger partial charge in [-0.15, -0.1) is 0 Å². The highest BCUT2D eigenvalue weighted by molar-refractivity contribution is 6.62. The Morgan fingerprint density at radius 1 is 0.933 bits per heavy atom. The van der Waals surface area contributed by atoms with Crippen LogP contribution in [0.1, 0.15) is 33.3 Å². The van der Waals surface area contributed by atoms with E-state index < -0.39 is 41.9 Å². The number of anilines is 2. The maximum Gasteiger partial charge on any atom is 0.495 e. The van der Waals surface area contributed by atoms with E-state index >= 15 is 0 Å². The van der Waals surface area contributed by atoms with E-state index in [0.717, 1.165) is 12.1 Å². The molecule has 2 N–H and O–H groups in total. The zero-order valence-electron chi connectivity index (χ0n) is 16.9. The minimum absolute atomic E-state index is 0.0866. The van der Waals surface area contributed by atoms with Gasteiger partial charge < -0.3 is 19.9 Å². The van der Waals surface area contributed by atoms with E-state index in [2.05, 4.69) is 10.6 Å². The quantitative estimate of drug-likeness (QED) is 0.551. The first-order chi connectivity index (χ1) is 13.8. The Labute approximate surface area is 171 Å². The molecule has 0 bridgehead atoms. The fourth-order valence-corrected chi connectivity index (χ4v) is 2.91. The molecule has 160 valence electrons. The Morgan fingerprint density at radius 2 is 1.50 bits per heavy atom. The van der Waals surface area contributed by atoms with Gasteiger partial charge in [0.1, 0.15) is 5.82 Å². The number of hydrogen-bond acceptors (Lipinski definition) is 3. The molecule has 0 aliphatic carbocycles. The Morgan fingerprint density at radius 3 is 2.03 bits per heavy atom. The van der Waals surface area contributed by atoms with Crippen molar-refractivity contribution in [3.63, 3.8) is 0 Å². The molecule has 0 saturated carbocycles. The second-order valence-electron chi connectivity index (χ2n) is 7.98. The molecule has 2 amide bonds. The van der Waals surface area contributed by atoms with Crippen molar-refractivity contribution in [2.24, 2.45) is 0 Å². The summed E-state index contributed by atoms with van der Waals surface area (Å²) in [4.78, 5) is 12.1. The molecule has 30 heavy (non-hydrogen) atoms. The molecule has 2 aromatic carbocycles. The van der Waals surface area contributed by atoms with E-state index in [4.69, 9.17) is 9.31 Å². The van der Waals surface area contributed by atoms with Gasteiger partial charge in [-0.1, -0.05) is 12.1 Å². The summed E-state index contributed by atoms with van der Waals surface area (Å²) in [5.74, 6) is -0.557. The van der Waals surface area contributed by atoms with Gasteiger partial charge in [-0.25, -0.2) is 9.18 Å². The normalized spacial score (nSPS) is 17.7. The third-order valence-electron chi connectivity index (χ3n) is 5.21. The summed E-state index contributed by atoms with van der Waals surface area (Å²) in [7, 11) is -1.21. The predicted octanol–water partition coefficient (Wildman–Crippen LogP) is 4.79. The topological polar surface area (TPSA) is 59.6 Å². The first-order valence-corrected chi connectivity index (χ1v) is 9.19. The number of halogens is 4. The molecule has 2 aromatic rings. The number of amides is 2. The minimum Gasteiger partial charge on any atom is -0.399 e. The molecule has 1 aliphatic rings. The Hall–Kier alpha value is -2.59. The summed E-state index contributed by atoms with van der Waals surface area (Å²) in [6, 6.07) is 7.67. The van der Waals surface area contributed by atoms with Gasteiger partial charge in [0.2, 0.25) is 0 Å². The maximum atomic E-state index is 13.7. The summed E-state index contributed by atoms with van der Waals surface area (Å²) in [5.41, 5.74) is -2.69. The molecular formula is C20H21BF4N2O3. The van der Waals surface area contributed by atoms with Gasteiger partial charge in [-0.3, -0.25) is 0 Å². The molecule has 0 spiro atoms. The summed E-state index contributed by atoms with van der Waals surface area (Å²) in [6.07, 6.45) is -4.70. The molecule has 0 atom stereocenters. The van der Waals surface area contributed by atoms with E-state index in [1.54, 1.807) is 27.7 Å². The van der Waals surface area contributed by atoms with E-state index in [0.29, 0.717) is 0 Å². The Kier molecular flexibility index (Phi) is 5.59. The molecular weight excluding hydrogens is 403 g/mol. The van der Waals surface area contributed by atoms with Crippen LogP contribution in [0.4, 0.5) is 33.7 Å². The second kappa shape index (κ2) is 7.59. The predicted molar refractivity (Wildman–Crippen MR) is 106 cm³/mol. The van der Waals surface area contributed by atoms with Gasteiger partial charge in [0, 0.05) is 11.4 Å². The van der Waals surface area contributed by atoms with Crippen molar-refractivity contribution in [1.82, 2.24) is 0 Å². The highest BCUT2D eigenvalue weighted by Crippen LogP contribution is 2.38. The van der Waals surface area contributed by atoms with Crippen molar-refractivity contribution >= 4 is 30.0 Å². The van der Waals surface area contributed by atoms with Crippen molar-refractivity contribution in [3.05, 3.63) is 53.8 Å². The molecule has 1 heterocycles. The number of carbonyl (C=O) groups is 1. The molecule has 1 aliphatic heterocycles. The fourth-order valence-electron chi connectivity index (χ4n) is 2.91. The van der Waals surface area contributed by atoms with E-state index in [1.807, 2.05) is 0 Å². The summed E-state index contributed by atoms with van der Waals surface area (Å²) in [6.45, 7) is 6.97. The van der Waals surface area contributed by atoms with Crippen LogP contribution in [0.15, 0.2) is 42.5 Å². The Bertz CT molecular complexity index is 947. The fraction of sp³-hybridized carbons (Fsp3) is 0.350. The third-order valence-corrected chi connectivity index (χ3v) is 5.21. The second-order valence-corrected chi connectivity index (χ2v) is 7.98. The largest absolute Gasteiger partial charge is 0.495 e. The number of urea groups is 1. The number of carbonyl (C=O) groups excluding carboxylic acids is 1. The van der Waals surface area contributed by atoms with Gasteiger partial charge in [-0.2, -0.15) is 13.2 Å². The molecule has 5 nitrogen and oxygen atoms in total. The molecule has 0 aromatic heterocycles. The number of benzene rings is 2. The maximum absolute atomic E-state index is 13.7. The first-order valence-electron chi connectivity index (χ1n) is 9.19. The van der Waals surface area contributed by atoms with Gasteiger partial charge in [-0.05, 0) is 63.5 Å². The summed E-state index contributed by atoms with van der Waals surface area (Å²) < 4.78 is 65.8. The van der Waals surface area contributed by atoms with Crippen molar-refractivity contribution in [3.8, 4) is 0 Å². The van der Waals surface area contributed by atoms with Crippen molar-refractivity contribution < 1.29 is 31.7 Å². The zero-order chi connectivity index (χ0) is 22.3. The van der Waals surface area contributed by atoms with E-state index in [1.165, 1.54) is 30.3 Å². The van der Waals surface area contributed by atoms with Crippen molar-refractivity contribution in [2.45, 2.75) is 45.1 Å². The lowest BCUT2D eigenvalue weighted by Crippen LogP contribution is -2.41. The number of nitrogens with one attached hydrogen (secondary N) is 2. The van der Waals surface area contributed by atoms with Crippen LogP contribution in [-0.2, 0) is 15.5 Å². The van der Waals surface area contributed by atoms with E-state index in [-0.39, 0.29) is 16.8 Å². The van der Waals surface area contributed by atoms with Crippen LogP contribution < -0.4 is 16.1 Å². The smallest absolute Gasteiger partial charge is 0.399 e. The van der Waals surface area contributed by atoms with Crippen molar-refractivity contribution in [2.75, 3.05) is 10.6 Å².